The standard InChI is InChI=1S/C9H14N6/c1-5-11-6-7(14(2)3)12-9(10)13-8(6)15(5)4/h1-4H3,(H2,10,12,13). The number of hydrogen-bond donors (Lipinski definition) is 1. The molecule has 15 heavy (non-hydrogen) atoms. The van der Waals surface area contributed by atoms with Gasteiger partial charge in [-0.3, -0.25) is 0 Å². The van der Waals surface area contributed by atoms with Crippen LogP contribution in [0.15, 0.2) is 0 Å². The highest BCUT2D eigenvalue weighted by Crippen LogP contribution is 2.22. The molecule has 0 saturated heterocycles. The van der Waals surface area contributed by atoms with Crippen LogP contribution in [0.1, 0.15) is 5.82 Å². The van der Waals surface area contributed by atoms with Gasteiger partial charge in [0.1, 0.15) is 5.82 Å². The maximum absolute atomic E-state index is 5.65. The maximum atomic E-state index is 5.65. The molecule has 0 aliphatic heterocycles. The summed E-state index contributed by atoms with van der Waals surface area (Å²) in [5.41, 5.74) is 7.20. The molecule has 0 radical (unpaired) electrons. The smallest absolute Gasteiger partial charge is 0.224 e. The molecule has 2 rings (SSSR count). The molecule has 2 aromatic heterocycles. The van der Waals surface area contributed by atoms with E-state index in [4.69, 9.17) is 5.73 Å². The van der Waals surface area contributed by atoms with Crippen LogP contribution < -0.4 is 10.6 Å². The van der Waals surface area contributed by atoms with Crippen molar-refractivity contribution in [2.24, 2.45) is 7.05 Å². The number of imidazole rings is 1. The average molecular weight is 206 g/mol. The lowest BCUT2D eigenvalue weighted by Crippen LogP contribution is -2.13. The lowest BCUT2D eigenvalue weighted by Gasteiger charge is -2.11. The first-order chi connectivity index (χ1) is 7.00. The number of nitrogens with zero attached hydrogens (tertiary/aromatic N) is 5. The van der Waals surface area contributed by atoms with Crippen LogP contribution in [0, 0.1) is 6.92 Å². The van der Waals surface area contributed by atoms with Crippen LogP contribution in [0.4, 0.5) is 11.8 Å². The van der Waals surface area contributed by atoms with E-state index in [1.807, 2.05) is 37.5 Å². The molecule has 2 heterocycles. The van der Waals surface area contributed by atoms with Gasteiger partial charge in [0.25, 0.3) is 0 Å². The van der Waals surface area contributed by atoms with Gasteiger partial charge in [0.15, 0.2) is 17.0 Å². The summed E-state index contributed by atoms with van der Waals surface area (Å²) in [7, 11) is 5.73. The van der Waals surface area contributed by atoms with Crippen LogP contribution in [0.25, 0.3) is 11.2 Å². The van der Waals surface area contributed by atoms with Crippen molar-refractivity contribution in [2.75, 3.05) is 24.7 Å². The molecular weight excluding hydrogens is 192 g/mol. The van der Waals surface area contributed by atoms with Gasteiger partial charge in [-0.2, -0.15) is 9.97 Å². The first kappa shape index (κ1) is 9.70. The molecule has 6 nitrogen and oxygen atoms in total. The van der Waals surface area contributed by atoms with E-state index >= 15 is 0 Å². The number of fused-ring (bicyclic) bond motifs is 1. The molecule has 0 bridgehead atoms. The van der Waals surface area contributed by atoms with Gasteiger partial charge in [-0.15, -0.1) is 0 Å². The van der Waals surface area contributed by atoms with Gasteiger partial charge in [0, 0.05) is 21.1 Å². The van der Waals surface area contributed by atoms with Crippen molar-refractivity contribution in [2.45, 2.75) is 6.92 Å². The SMILES string of the molecule is Cc1nc2c(N(C)C)nc(N)nc2n1C. The zero-order chi connectivity index (χ0) is 11.2. The molecule has 0 atom stereocenters. The number of aryl methyl sites for hydroxylation is 2. The van der Waals surface area contributed by atoms with Crippen LogP contribution >= 0.6 is 0 Å². The normalized spacial score (nSPS) is 10.9. The molecule has 80 valence electrons. The predicted octanol–water partition coefficient (Wildman–Crippen LogP) is 0.320. The summed E-state index contributed by atoms with van der Waals surface area (Å²) >= 11 is 0. The molecule has 0 saturated carbocycles. The van der Waals surface area contributed by atoms with Crippen LogP contribution in [-0.4, -0.2) is 33.6 Å². The Labute approximate surface area is 87.8 Å². The van der Waals surface area contributed by atoms with E-state index in [1.165, 1.54) is 0 Å². The van der Waals surface area contributed by atoms with E-state index in [-0.39, 0.29) is 5.95 Å². The summed E-state index contributed by atoms with van der Waals surface area (Å²) in [6.07, 6.45) is 0. The lowest BCUT2D eigenvalue weighted by molar-refractivity contribution is 0.873. The van der Waals surface area contributed by atoms with Crippen molar-refractivity contribution in [1.82, 2.24) is 19.5 Å². The molecule has 0 unspecified atom stereocenters. The average Bonchev–Trinajstić information content (AvgIpc) is 2.43. The van der Waals surface area contributed by atoms with Gasteiger partial charge in [-0.1, -0.05) is 0 Å². The third-order valence-electron chi connectivity index (χ3n) is 2.36. The number of rotatable bonds is 1. The van der Waals surface area contributed by atoms with Crippen molar-refractivity contribution >= 4 is 22.9 Å². The quantitative estimate of drug-likeness (QED) is 0.727. The van der Waals surface area contributed by atoms with E-state index in [2.05, 4.69) is 15.0 Å². The number of nitrogens with two attached hydrogens (primary N) is 1. The Hall–Kier alpha value is -1.85. The molecule has 2 N–H and O–H groups in total. The Balaban J connectivity index is 2.86. The zero-order valence-corrected chi connectivity index (χ0v) is 9.31. The number of nitrogen functional groups attached to an aromatic ring is 1. The highest BCUT2D eigenvalue weighted by Gasteiger charge is 2.14. The van der Waals surface area contributed by atoms with Crippen LogP contribution in [0.3, 0.4) is 0 Å². The summed E-state index contributed by atoms with van der Waals surface area (Å²) in [4.78, 5) is 14.6. The number of aromatic nitrogens is 4. The van der Waals surface area contributed by atoms with Crippen molar-refractivity contribution in [3.8, 4) is 0 Å². The Morgan fingerprint density at radius 1 is 1.20 bits per heavy atom. The molecule has 0 amide bonds. The molecule has 0 aromatic carbocycles. The Morgan fingerprint density at radius 2 is 1.87 bits per heavy atom. The van der Waals surface area contributed by atoms with Crippen LogP contribution in [0.2, 0.25) is 0 Å². The maximum Gasteiger partial charge on any atom is 0.224 e. The van der Waals surface area contributed by atoms with Gasteiger partial charge >= 0.3 is 0 Å². The molecule has 0 aliphatic rings. The second-order valence-electron chi connectivity index (χ2n) is 3.69. The van der Waals surface area contributed by atoms with Crippen molar-refractivity contribution in [3.63, 3.8) is 0 Å². The number of anilines is 2. The number of hydrogen-bond acceptors (Lipinski definition) is 5. The van der Waals surface area contributed by atoms with Crippen molar-refractivity contribution < 1.29 is 0 Å². The largest absolute Gasteiger partial charge is 0.368 e. The molecule has 0 fully saturated rings. The molecule has 2 aromatic rings. The molecule has 0 aliphatic carbocycles. The highest BCUT2D eigenvalue weighted by atomic mass is 15.2. The summed E-state index contributed by atoms with van der Waals surface area (Å²) in [6, 6.07) is 0. The first-order valence-electron chi connectivity index (χ1n) is 4.64. The Morgan fingerprint density at radius 3 is 2.47 bits per heavy atom. The predicted molar refractivity (Wildman–Crippen MR) is 59.8 cm³/mol. The summed E-state index contributed by atoms with van der Waals surface area (Å²) in [6.45, 7) is 1.93. The fourth-order valence-electron chi connectivity index (χ4n) is 1.48. The zero-order valence-electron chi connectivity index (χ0n) is 9.31. The first-order valence-corrected chi connectivity index (χ1v) is 4.64. The topological polar surface area (TPSA) is 72.9 Å². The lowest BCUT2D eigenvalue weighted by atomic mass is 10.4. The van der Waals surface area contributed by atoms with E-state index in [0.29, 0.717) is 0 Å². The van der Waals surface area contributed by atoms with Crippen LogP contribution in [-0.2, 0) is 7.05 Å². The minimum atomic E-state index is 0.272. The second kappa shape index (κ2) is 3.08. The van der Waals surface area contributed by atoms with Gasteiger partial charge < -0.3 is 15.2 Å². The Kier molecular flexibility index (Phi) is 1.99. The van der Waals surface area contributed by atoms with E-state index in [0.717, 1.165) is 22.8 Å². The summed E-state index contributed by atoms with van der Waals surface area (Å²) in [5.74, 6) is 1.92. The van der Waals surface area contributed by atoms with Gasteiger partial charge in [-0.25, -0.2) is 4.98 Å². The summed E-state index contributed by atoms with van der Waals surface area (Å²) in [5, 5.41) is 0. The van der Waals surface area contributed by atoms with Gasteiger partial charge in [0.05, 0.1) is 0 Å². The van der Waals surface area contributed by atoms with E-state index < -0.39 is 0 Å². The molecule has 6 heteroatoms. The molecular formula is C9H14N6. The van der Waals surface area contributed by atoms with Crippen molar-refractivity contribution in [3.05, 3.63) is 5.82 Å². The van der Waals surface area contributed by atoms with E-state index in [1.54, 1.807) is 0 Å². The fraction of sp³-hybridized carbons (Fsp3) is 0.444. The minimum Gasteiger partial charge on any atom is -0.368 e. The van der Waals surface area contributed by atoms with E-state index in [9.17, 15) is 0 Å². The third-order valence-corrected chi connectivity index (χ3v) is 2.36. The minimum absolute atomic E-state index is 0.272. The monoisotopic (exact) mass is 206 g/mol. The van der Waals surface area contributed by atoms with Gasteiger partial charge in [0.2, 0.25) is 5.95 Å². The van der Waals surface area contributed by atoms with Gasteiger partial charge in [-0.05, 0) is 6.92 Å². The third kappa shape index (κ3) is 1.38. The fourth-order valence-corrected chi connectivity index (χ4v) is 1.48. The van der Waals surface area contributed by atoms with Crippen molar-refractivity contribution in [1.29, 1.82) is 0 Å². The Bertz CT molecular complexity index is 513. The molecule has 0 spiro atoms. The highest BCUT2D eigenvalue weighted by molar-refractivity contribution is 5.84. The van der Waals surface area contributed by atoms with Crippen LogP contribution in [0.5, 0.6) is 0 Å². The summed E-state index contributed by atoms with van der Waals surface area (Å²) < 4.78 is 1.90. The second-order valence-corrected chi connectivity index (χ2v) is 3.69.